The van der Waals surface area contributed by atoms with Crippen LogP contribution in [0.5, 0.6) is 5.75 Å². The van der Waals surface area contributed by atoms with Gasteiger partial charge in [-0.1, -0.05) is 6.07 Å². The first kappa shape index (κ1) is 20.4. The predicted octanol–water partition coefficient (Wildman–Crippen LogP) is 4.09. The van der Waals surface area contributed by atoms with Gasteiger partial charge in [0.2, 0.25) is 0 Å². The number of hydrogen-bond acceptors (Lipinski definition) is 8. The molecule has 5 rings (SSSR count). The smallest absolute Gasteiger partial charge is 0.184 e. The number of hydrogen-bond donors (Lipinski definition) is 3. The first-order chi connectivity index (χ1) is 16.0. The molecule has 3 N–H and O–H groups in total. The molecule has 0 fully saturated rings. The minimum Gasteiger partial charge on any atom is -0.494 e. The Bertz CT molecular complexity index is 1460. The molecule has 4 heterocycles. The zero-order valence-corrected chi connectivity index (χ0v) is 18.1. The molecule has 1 aromatic carbocycles. The van der Waals surface area contributed by atoms with E-state index in [1.54, 1.807) is 37.4 Å². The summed E-state index contributed by atoms with van der Waals surface area (Å²) in [5.41, 5.74) is 3.88. The van der Waals surface area contributed by atoms with Gasteiger partial charge in [0.25, 0.3) is 0 Å². The number of imidazole rings is 1. The Morgan fingerprint density at radius 3 is 2.70 bits per heavy atom. The maximum absolute atomic E-state index is 13.6. The van der Waals surface area contributed by atoms with Gasteiger partial charge in [-0.3, -0.25) is 4.68 Å². The van der Waals surface area contributed by atoms with Crippen molar-refractivity contribution < 1.29 is 9.13 Å². The molecule has 0 radical (unpaired) electrons. The third kappa shape index (κ3) is 3.91. The number of aromatic nitrogens is 7. The number of rotatable bonds is 6. The molecule has 0 saturated carbocycles. The molecule has 0 aliphatic carbocycles. The number of benzene rings is 1. The minimum atomic E-state index is -0.368. The van der Waals surface area contributed by atoms with Crippen LogP contribution >= 0.6 is 0 Å². The van der Waals surface area contributed by atoms with Crippen molar-refractivity contribution >= 4 is 34.2 Å². The quantitative estimate of drug-likeness (QED) is 0.358. The van der Waals surface area contributed by atoms with E-state index in [9.17, 15) is 4.39 Å². The van der Waals surface area contributed by atoms with Gasteiger partial charge in [-0.25, -0.2) is 24.3 Å². The zero-order chi connectivity index (χ0) is 22.9. The molecule has 4 aromatic heterocycles. The number of H-pyrrole nitrogens is 1. The average Bonchev–Trinajstić information content (AvgIpc) is 3.45. The number of para-hydroxylation sites is 1. The molecule has 0 spiro atoms. The molecule has 0 saturated heterocycles. The lowest BCUT2D eigenvalue weighted by Crippen LogP contribution is -2.02. The fraction of sp³-hybridized carbons (Fsp3) is 0.136. The lowest BCUT2D eigenvalue weighted by atomic mass is 10.1. The van der Waals surface area contributed by atoms with Crippen molar-refractivity contribution in [2.75, 3.05) is 17.7 Å². The lowest BCUT2D eigenvalue weighted by molar-refractivity contribution is 0.418. The predicted molar refractivity (Wildman–Crippen MR) is 122 cm³/mol. The Morgan fingerprint density at radius 1 is 1.06 bits per heavy atom. The van der Waals surface area contributed by atoms with E-state index in [0.717, 1.165) is 5.56 Å². The first-order valence-corrected chi connectivity index (χ1v) is 10.0. The molecule has 0 bridgehead atoms. The summed E-state index contributed by atoms with van der Waals surface area (Å²) in [6, 6.07) is 9.11. The first-order valence-electron chi connectivity index (χ1n) is 10.0. The maximum atomic E-state index is 13.6. The molecule has 5 aromatic rings. The fourth-order valence-corrected chi connectivity index (χ4v) is 3.47. The van der Waals surface area contributed by atoms with E-state index in [-0.39, 0.29) is 5.82 Å². The number of fused-ring (bicyclic) bond motifs is 1. The maximum Gasteiger partial charge on any atom is 0.184 e. The fourth-order valence-electron chi connectivity index (χ4n) is 3.47. The van der Waals surface area contributed by atoms with Gasteiger partial charge in [0.1, 0.15) is 29.3 Å². The van der Waals surface area contributed by atoms with Crippen LogP contribution in [0.4, 0.5) is 27.4 Å². The molecule has 166 valence electrons. The van der Waals surface area contributed by atoms with Crippen LogP contribution in [0, 0.1) is 12.7 Å². The number of halogens is 1. The van der Waals surface area contributed by atoms with Crippen molar-refractivity contribution in [1.82, 2.24) is 34.7 Å². The number of pyridine rings is 2. The van der Waals surface area contributed by atoms with Gasteiger partial charge in [-0.05, 0) is 30.7 Å². The van der Waals surface area contributed by atoms with Crippen molar-refractivity contribution in [3.05, 3.63) is 60.6 Å². The lowest BCUT2D eigenvalue weighted by Gasteiger charge is -2.15. The summed E-state index contributed by atoms with van der Waals surface area (Å²) in [6.45, 7) is 1.68. The standard InChI is InChI=1S/C22H20FN9O/c1-12-7-17(24-9-14(12)23)29-18-8-16(19-22(30-18)26-10-25-19)28-15-6-4-5-13(20(15)33-3)21-27-11-32(2)31-21/h4-11H,1-3H3,(H3,24,25,26,28,29,30). The van der Waals surface area contributed by atoms with Crippen LogP contribution in [-0.2, 0) is 7.05 Å². The van der Waals surface area contributed by atoms with Gasteiger partial charge in [-0.2, -0.15) is 5.10 Å². The highest BCUT2D eigenvalue weighted by Crippen LogP contribution is 2.37. The van der Waals surface area contributed by atoms with Crippen LogP contribution in [0.15, 0.2) is 49.2 Å². The van der Waals surface area contributed by atoms with Gasteiger partial charge in [0.15, 0.2) is 17.2 Å². The van der Waals surface area contributed by atoms with Crippen LogP contribution in [0.2, 0.25) is 0 Å². The van der Waals surface area contributed by atoms with Crippen LogP contribution in [0.25, 0.3) is 22.6 Å². The number of anilines is 4. The van der Waals surface area contributed by atoms with E-state index in [0.29, 0.717) is 51.3 Å². The highest BCUT2D eigenvalue weighted by molar-refractivity contribution is 5.91. The Morgan fingerprint density at radius 2 is 1.94 bits per heavy atom. The molecule has 0 aliphatic rings. The van der Waals surface area contributed by atoms with Gasteiger partial charge in [0, 0.05) is 13.1 Å². The van der Waals surface area contributed by atoms with Crippen molar-refractivity contribution in [2.45, 2.75) is 6.92 Å². The Kier molecular flexibility index (Phi) is 5.05. The van der Waals surface area contributed by atoms with Crippen molar-refractivity contribution in [1.29, 1.82) is 0 Å². The molecule has 0 amide bonds. The largest absolute Gasteiger partial charge is 0.494 e. The number of aromatic amines is 1. The molecule has 0 atom stereocenters. The Hall–Kier alpha value is -4.54. The minimum absolute atomic E-state index is 0.368. The summed E-state index contributed by atoms with van der Waals surface area (Å²) < 4.78 is 20.9. The molecular weight excluding hydrogens is 425 g/mol. The number of nitrogens with zero attached hydrogens (tertiary/aromatic N) is 6. The highest BCUT2D eigenvalue weighted by atomic mass is 19.1. The van der Waals surface area contributed by atoms with Crippen LogP contribution in [-0.4, -0.2) is 41.8 Å². The van der Waals surface area contributed by atoms with E-state index in [1.165, 1.54) is 6.20 Å². The second kappa shape index (κ2) is 8.19. The Balaban J connectivity index is 1.54. The molecular formula is C22H20FN9O. The monoisotopic (exact) mass is 445 g/mol. The summed E-state index contributed by atoms with van der Waals surface area (Å²) in [5, 5.41) is 10.9. The van der Waals surface area contributed by atoms with Gasteiger partial charge in [-0.15, -0.1) is 0 Å². The molecule has 0 aliphatic heterocycles. The Labute approximate surface area is 187 Å². The molecule has 10 nitrogen and oxygen atoms in total. The topological polar surface area (TPSA) is 118 Å². The summed E-state index contributed by atoms with van der Waals surface area (Å²) in [4.78, 5) is 20.3. The van der Waals surface area contributed by atoms with Crippen molar-refractivity contribution in [3.8, 4) is 17.1 Å². The SMILES string of the molecule is COc1c(Nc2cc(Nc3cc(C)c(F)cn3)nc3nc[nH]c23)cccc1-c1ncn(C)n1. The zero-order valence-electron chi connectivity index (χ0n) is 18.1. The van der Waals surface area contributed by atoms with Crippen molar-refractivity contribution in [2.24, 2.45) is 7.05 Å². The average molecular weight is 445 g/mol. The molecule has 33 heavy (non-hydrogen) atoms. The second-order valence-electron chi connectivity index (χ2n) is 7.35. The van der Waals surface area contributed by atoms with Crippen LogP contribution in [0.3, 0.4) is 0 Å². The summed E-state index contributed by atoms with van der Waals surface area (Å²) in [6.07, 6.45) is 4.37. The number of methoxy groups -OCH3 is 1. The van der Waals surface area contributed by atoms with Gasteiger partial charge < -0.3 is 20.4 Å². The number of ether oxygens (including phenoxy) is 1. The van der Waals surface area contributed by atoms with E-state index >= 15 is 0 Å². The third-order valence-electron chi connectivity index (χ3n) is 5.03. The number of nitrogens with one attached hydrogen (secondary N) is 3. The number of aryl methyl sites for hydroxylation is 2. The third-order valence-corrected chi connectivity index (χ3v) is 5.03. The van der Waals surface area contributed by atoms with E-state index in [1.807, 2.05) is 31.3 Å². The summed E-state index contributed by atoms with van der Waals surface area (Å²) >= 11 is 0. The van der Waals surface area contributed by atoms with Crippen LogP contribution < -0.4 is 15.4 Å². The van der Waals surface area contributed by atoms with Gasteiger partial charge >= 0.3 is 0 Å². The van der Waals surface area contributed by atoms with E-state index in [4.69, 9.17) is 4.74 Å². The normalized spacial score (nSPS) is 11.0. The highest BCUT2D eigenvalue weighted by Gasteiger charge is 2.16. The second-order valence-corrected chi connectivity index (χ2v) is 7.35. The van der Waals surface area contributed by atoms with Crippen LogP contribution in [0.1, 0.15) is 5.56 Å². The molecule has 0 unspecified atom stereocenters. The van der Waals surface area contributed by atoms with Crippen molar-refractivity contribution in [3.63, 3.8) is 0 Å². The van der Waals surface area contributed by atoms with E-state index in [2.05, 4.69) is 40.7 Å². The summed E-state index contributed by atoms with van der Waals surface area (Å²) in [7, 11) is 3.41. The van der Waals surface area contributed by atoms with Gasteiger partial charge in [0.05, 0.1) is 36.6 Å². The molecule has 11 heteroatoms. The van der Waals surface area contributed by atoms with E-state index < -0.39 is 0 Å². The summed E-state index contributed by atoms with van der Waals surface area (Å²) in [5.74, 6) is 1.76.